The second-order valence-electron chi connectivity index (χ2n) is 8.77. The third-order valence-electron chi connectivity index (χ3n) is 6.24. The molecule has 10 heteroatoms. The Kier molecular flexibility index (Phi) is 6.28. The van der Waals surface area contributed by atoms with Gasteiger partial charge in [0.15, 0.2) is 0 Å². The van der Waals surface area contributed by atoms with E-state index in [2.05, 4.69) is 41.2 Å². The number of carbonyl (C=O) groups is 2. The molecule has 2 atom stereocenters. The Hall–Kier alpha value is -4.08. The van der Waals surface area contributed by atoms with Gasteiger partial charge in [0, 0.05) is 13.1 Å². The number of hydrogen-bond acceptors (Lipinski definition) is 4. The Labute approximate surface area is 196 Å². The number of nitrogens with one attached hydrogen (secondary N) is 6. The van der Waals surface area contributed by atoms with Crippen molar-refractivity contribution in [2.45, 2.75) is 25.7 Å². The van der Waals surface area contributed by atoms with Crippen molar-refractivity contribution in [1.82, 2.24) is 30.6 Å². The third-order valence-corrected chi connectivity index (χ3v) is 6.24. The molecule has 2 heterocycles. The number of imidazole rings is 2. The van der Waals surface area contributed by atoms with Crippen LogP contribution in [0.15, 0.2) is 48.5 Å². The van der Waals surface area contributed by atoms with E-state index < -0.39 is 0 Å². The van der Waals surface area contributed by atoms with Gasteiger partial charge in [-0.1, -0.05) is 30.7 Å². The Morgan fingerprint density at radius 2 is 1.24 bits per heavy atom. The molecule has 0 saturated heterocycles. The molecule has 0 unspecified atom stereocenters. The second-order valence-corrected chi connectivity index (χ2v) is 8.77. The first kappa shape index (κ1) is 21.7. The molecule has 0 bridgehead atoms. The number of amides is 4. The molecule has 1 fully saturated rings. The highest BCUT2D eigenvalue weighted by Gasteiger charge is 2.23. The number of anilines is 2. The lowest BCUT2D eigenvalue weighted by Crippen LogP contribution is -2.38. The molecule has 0 radical (unpaired) electrons. The smallest absolute Gasteiger partial charge is 0.321 e. The number of nitrogens with zero attached hydrogens (tertiary/aromatic N) is 2. The molecule has 10 nitrogen and oxygen atoms in total. The molecule has 1 aliphatic rings. The van der Waals surface area contributed by atoms with Crippen LogP contribution in [0.3, 0.4) is 0 Å². The summed E-state index contributed by atoms with van der Waals surface area (Å²) in [6.45, 7) is 1.18. The van der Waals surface area contributed by atoms with E-state index in [9.17, 15) is 9.59 Å². The first-order chi connectivity index (χ1) is 16.6. The van der Waals surface area contributed by atoms with Crippen molar-refractivity contribution in [3.63, 3.8) is 0 Å². The summed E-state index contributed by atoms with van der Waals surface area (Å²) >= 11 is 0. The molecule has 176 valence electrons. The average Bonchev–Trinajstić information content (AvgIpc) is 3.44. The number of fused-ring (bicyclic) bond motifs is 2. The number of carbonyl (C=O) groups excluding carboxylic acids is 2. The monoisotopic (exact) mass is 460 g/mol. The third kappa shape index (κ3) is 5.28. The lowest BCUT2D eigenvalue weighted by atomic mass is 9.81. The lowest BCUT2D eigenvalue weighted by Gasteiger charge is -2.29. The number of hydrogen-bond donors (Lipinski definition) is 6. The van der Waals surface area contributed by atoms with E-state index in [0.29, 0.717) is 36.8 Å². The standard InChI is InChI=1S/C24H28N8O2/c33-23(31-21-27-17-8-1-2-9-18(17)28-21)25-13-15-6-5-7-16(12-15)14-26-24(34)32-22-29-19-10-3-4-11-20(19)30-22/h1-4,8-11,15-16H,5-7,12-14H2,(H3,25,27,28,31,33)(H3,26,29,30,32,34)/t15-,16+. The predicted molar refractivity (Wildman–Crippen MR) is 132 cm³/mol. The summed E-state index contributed by atoms with van der Waals surface area (Å²) in [7, 11) is 0. The molecule has 5 rings (SSSR count). The van der Waals surface area contributed by atoms with Gasteiger partial charge in [0.1, 0.15) is 0 Å². The highest BCUT2D eigenvalue weighted by molar-refractivity contribution is 5.90. The Bertz CT molecular complexity index is 1130. The Morgan fingerprint density at radius 1 is 0.765 bits per heavy atom. The van der Waals surface area contributed by atoms with Gasteiger partial charge in [-0.25, -0.2) is 19.6 Å². The topological polar surface area (TPSA) is 140 Å². The fourth-order valence-corrected chi connectivity index (χ4v) is 4.57. The number of para-hydroxylation sites is 4. The molecule has 2 aromatic carbocycles. The van der Waals surface area contributed by atoms with E-state index in [-0.39, 0.29) is 12.1 Å². The number of urea groups is 2. The fourth-order valence-electron chi connectivity index (χ4n) is 4.57. The molecule has 0 aliphatic heterocycles. The van der Waals surface area contributed by atoms with E-state index in [1.165, 1.54) is 0 Å². The molecule has 4 aromatic rings. The van der Waals surface area contributed by atoms with Crippen molar-refractivity contribution >= 4 is 46.0 Å². The van der Waals surface area contributed by atoms with Crippen LogP contribution >= 0.6 is 0 Å². The highest BCUT2D eigenvalue weighted by Crippen LogP contribution is 2.28. The van der Waals surface area contributed by atoms with Gasteiger partial charge in [-0.2, -0.15) is 0 Å². The highest BCUT2D eigenvalue weighted by atomic mass is 16.2. The molecule has 2 aromatic heterocycles. The maximum atomic E-state index is 12.3. The first-order valence-electron chi connectivity index (χ1n) is 11.6. The molecular weight excluding hydrogens is 432 g/mol. The quantitative estimate of drug-likeness (QED) is 0.257. The summed E-state index contributed by atoms with van der Waals surface area (Å²) in [6, 6.07) is 14.7. The average molecular weight is 461 g/mol. The molecule has 1 saturated carbocycles. The van der Waals surface area contributed by atoms with Gasteiger partial charge in [-0.3, -0.25) is 10.6 Å². The van der Waals surface area contributed by atoms with E-state index >= 15 is 0 Å². The van der Waals surface area contributed by atoms with Crippen LogP contribution in [-0.2, 0) is 0 Å². The maximum absolute atomic E-state index is 12.3. The zero-order valence-electron chi connectivity index (χ0n) is 18.7. The molecule has 6 N–H and O–H groups in total. The molecule has 4 amide bonds. The van der Waals surface area contributed by atoms with Crippen molar-refractivity contribution in [3.8, 4) is 0 Å². The SMILES string of the molecule is O=C(NC[C@H]1CCC[C@@H](CNC(=O)Nc2nc3ccccc3[nH]2)C1)Nc1nc2ccccc2[nH]1. The summed E-state index contributed by atoms with van der Waals surface area (Å²) in [5, 5.41) is 11.4. The minimum atomic E-state index is -0.274. The lowest BCUT2D eigenvalue weighted by molar-refractivity contribution is 0.230. The van der Waals surface area contributed by atoms with Gasteiger partial charge in [0.2, 0.25) is 11.9 Å². The van der Waals surface area contributed by atoms with Crippen LogP contribution in [0.1, 0.15) is 25.7 Å². The molecule has 0 spiro atoms. The minimum Gasteiger partial charge on any atom is -0.338 e. The van der Waals surface area contributed by atoms with Crippen LogP contribution < -0.4 is 21.3 Å². The number of benzene rings is 2. The largest absolute Gasteiger partial charge is 0.338 e. The first-order valence-corrected chi connectivity index (χ1v) is 11.6. The van der Waals surface area contributed by atoms with E-state index in [1.807, 2.05) is 48.5 Å². The Balaban J connectivity index is 1.04. The normalized spacial score (nSPS) is 18.0. The fraction of sp³-hybridized carbons (Fsp3) is 0.333. The van der Waals surface area contributed by atoms with Gasteiger partial charge in [0.25, 0.3) is 0 Å². The van der Waals surface area contributed by atoms with Crippen LogP contribution in [0.25, 0.3) is 22.1 Å². The number of aromatic amines is 2. The van der Waals surface area contributed by atoms with Gasteiger partial charge < -0.3 is 20.6 Å². The molecule has 34 heavy (non-hydrogen) atoms. The summed E-state index contributed by atoms with van der Waals surface area (Å²) in [6.07, 6.45) is 4.16. The van der Waals surface area contributed by atoms with Crippen LogP contribution in [0, 0.1) is 11.8 Å². The summed E-state index contributed by atoms with van der Waals surface area (Å²) in [4.78, 5) is 39.5. The van der Waals surface area contributed by atoms with Crippen molar-refractivity contribution in [3.05, 3.63) is 48.5 Å². The van der Waals surface area contributed by atoms with Crippen LogP contribution in [0.2, 0.25) is 0 Å². The Morgan fingerprint density at radius 3 is 1.71 bits per heavy atom. The number of rotatable bonds is 6. The zero-order valence-corrected chi connectivity index (χ0v) is 18.7. The van der Waals surface area contributed by atoms with E-state index in [1.54, 1.807) is 0 Å². The van der Waals surface area contributed by atoms with Gasteiger partial charge in [0.05, 0.1) is 22.1 Å². The van der Waals surface area contributed by atoms with Crippen LogP contribution in [-0.4, -0.2) is 45.1 Å². The van der Waals surface area contributed by atoms with Crippen molar-refractivity contribution in [2.75, 3.05) is 23.7 Å². The summed E-state index contributed by atoms with van der Waals surface area (Å²) < 4.78 is 0. The second kappa shape index (κ2) is 9.82. The van der Waals surface area contributed by atoms with Crippen LogP contribution in [0.4, 0.5) is 21.5 Å². The van der Waals surface area contributed by atoms with Crippen molar-refractivity contribution < 1.29 is 9.59 Å². The van der Waals surface area contributed by atoms with Gasteiger partial charge >= 0.3 is 12.1 Å². The van der Waals surface area contributed by atoms with Gasteiger partial charge in [-0.15, -0.1) is 0 Å². The zero-order chi connectivity index (χ0) is 23.3. The maximum Gasteiger partial charge on any atom is 0.321 e. The molecular formula is C24H28N8O2. The molecule has 1 aliphatic carbocycles. The van der Waals surface area contributed by atoms with Crippen LogP contribution in [0.5, 0.6) is 0 Å². The summed E-state index contributed by atoms with van der Waals surface area (Å²) in [5.41, 5.74) is 3.38. The summed E-state index contributed by atoms with van der Waals surface area (Å²) in [5.74, 6) is 1.61. The number of H-pyrrole nitrogens is 2. The van der Waals surface area contributed by atoms with Crippen molar-refractivity contribution in [2.24, 2.45) is 11.8 Å². The minimum absolute atomic E-state index is 0.274. The van der Waals surface area contributed by atoms with E-state index in [0.717, 1.165) is 47.8 Å². The van der Waals surface area contributed by atoms with E-state index in [4.69, 9.17) is 0 Å². The van der Waals surface area contributed by atoms with Crippen molar-refractivity contribution in [1.29, 1.82) is 0 Å². The predicted octanol–water partition coefficient (Wildman–Crippen LogP) is 4.19. The van der Waals surface area contributed by atoms with Gasteiger partial charge in [-0.05, 0) is 55.4 Å². The number of aromatic nitrogens is 4.